The van der Waals surface area contributed by atoms with E-state index in [1.807, 2.05) is 4.90 Å². The highest BCUT2D eigenvalue weighted by molar-refractivity contribution is 5.76. The van der Waals surface area contributed by atoms with Crippen LogP contribution in [0.2, 0.25) is 0 Å². The Bertz CT molecular complexity index is 218. The van der Waals surface area contributed by atoms with Crippen molar-refractivity contribution in [2.24, 2.45) is 5.92 Å². The molecule has 0 radical (unpaired) electrons. The van der Waals surface area contributed by atoms with Crippen molar-refractivity contribution in [2.75, 3.05) is 46.3 Å². The van der Waals surface area contributed by atoms with Gasteiger partial charge < -0.3 is 15.1 Å². The van der Waals surface area contributed by atoms with E-state index in [9.17, 15) is 4.79 Å². The predicted octanol–water partition coefficient (Wildman–Crippen LogP) is -0.240. The van der Waals surface area contributed by atoms with Crippen LogP contribution in [0.25, 0.3) is 0 Å². The molecule has 2 heterocycles. The number of carbonyl (C=O) groups is 1. The third-order valence-electron chi connectivity index (χ3n) is 3.48. The second-order valence-corrected chi connectivity index (χ2v) is 4.75. The van der Waals surface area contributed by atoms with Gasteiger partial charge in [-0.1, -0.05) is 0 Å². The quantitative estimate of drug-likeness (QED) is 0.685. The molecule has 2 rings (SSSR count). The molecular formula is C11H21N3O. The molecule has 1 atom stereocenters. The fourth-order valence-electron chi connectivity index (χ4n) is 2.32. The Labute approximate surface area is 91.6 Å². The summed E-state index contributed by atoms with van der Waals surface area (Å²) in [5.74, 6) is 0.939. The van der Waals surface area contributed by atoms with Gasteiger partial charge in [0.05, 0.1) is 0 Å². The molecule has 1 unspecified atom stereocenters. The summed E-state index contributed by atoms with van der Waals surface area (Å²) < 4.78 is 0. The van der Waals surface area contributed by atoms with E-state index in [0.717, 1.165) is 45.7 Å². The highest BCUT2D eigenvalue weighted by Gasteiger charge is 2.23. The molecule has 0 aromatic carbocycles. The van der Waals surface area contributed by atoms with E-state index in [1.54, 1.807) is 0 Å². The number of carbonyl (C=O) groups excluding carboxylic acids is 1. The van der Waals surface area contributed by atoms with Crippen LogP contribution in [0, 0.1) is 5.92 Å². The molecule has 0 aliphatic carbocycles. The van der Waals surface area contributed by atoms with E-state index >= 15 is 0 Å². The lowest BCUT2D eigenvalue weighted by Crippen LogP contribution is -2.47. The Hall–Kier alpha value is -0.610. The fourth-order valence-corrected chi connectivity index (χ4v) is 2.32. The zero-order valence-corrected chi connectivity index (χ0v) is 9.54. The summed E-state index contributed by atoms with van der Waals surface area (Å²) >= 11 is 0. The van der Waals surface area contributed by atoms with Crippen LogP contribution < -0.4 is 5.32 Å². The molecule has 0 aromatic rings. The number of piperazine rings is 1. The van der Waals surface area contributed by atoms with E-state index in [0.29, 0.717) is 11.8 Å². The summed E-state index contributed by atoms with van der Waals surface area (Å²) in [6, 6.07) is 0. The molecule has 2 fully saturated rings. The lowest BCUT2D eigenvalue weighted by Gasteiger charge is -2.33. The second kappa shape index (κ2) is 4.94. The van der Waals surface area contributed by atoms with Gasteiger partial charge in [0.15, 0.2) is 0 Å². The Morgan fingerprint density at radius 3 is 2.67 bits per heavy atom. The van der Waals surface area contributed by atoms with Gasteiger partial charge in [-0.15, -0.1) is 0 Å². The van der Waals surface area contributed by atoms with E-state index in [2.05, 4.69) is 17.3 Å². The van der Waals surface area contributed by atoms with Crippen molar-refractivity contribution in [3.63, 3.8) is 0 Å². The maximum Gasteiger partial charge on any atom is 0.222 e. The van der Waals surface area contributed by atoms with E-state index < -0.39 is 0 Å². The van der Waals surface area contributed by atoms with Gasteiger partial charge in [-0.25, -0.2) is 0 Å². The van der Waals surface area contributed by atoms with Crippen LogP contribution in [0.1, 0.15) is 12.8 Å². The lowest BCUT2D eigenvalue weighted by atomic mass is 10.0. The van der Waals surface area contributed by atoms with Crippen LogP contribution in [0.5, 0.6) is 0 Å². The van der Waals surface area contributed by atoms with Gasteiger partial charge in [-0.3, -0.25) is 4.79 Å². The number of likely N-dealkylation sites (N-methyl/N-ethyl adjacent to an activating group) is 1. The summed E-state index contributed by atoms with van der Waals surface area (Å²) in [5, 5.41) is 3.31. The standard InChI is InChI=1S/C11H21N3O/c1-13-4-6-14(7-5-13)11(15)8-10-2-3-12-9-10/h10,12H,2-9H2,1H3. The zero-order chi connectivity index (χ0) is 10.7. The molecule has 2 aliphatic rings. The topological polar surface area (TPSA) is 35.6 Å². The molecule has 4 nitrogen and oxygen atoms in total. The largest absolute Gasteiger partial charge is 0.340 e. The average molecular weight is 211 g/mol. The third-order valence-corrected chi connectivity index (χ3v) is 3.48. The summed E-state index contributed by atoms with van der Waals surface area (Å²) in [6.07, 6.45) is 1.91. The lowest BCUT2D eigenvalue weighted by molar-refractivity contribution is -0.133. The molecule has 2 aliphatic heterocycles. The van der Waals surface area contributed by atoms with Gasteiger partial charge in [-0.2, -0.15) is 0 Å². The van der Waals surface area contributed by atoms with Crippen LogP contribution >= 0.6 is 0 Å². The molecule has 86 valence electrons. The van der Waals surface area contributed by atoms with Gasteiger partial charge in [0, 0.05) is 32.6 Å². The fraction of sp³-hybridized carbons (Fsp3) is 0.909. The number of rotatable bonds is 2. The molecule has 4 heteroatoms. The van der Waals surface area contributed by atoms with E-state index in [4.69, 9.17) is 0 Å². The monoisotopic (exact) mass is 211 g/mol. The van der Waals surface area contributed by atoms with Crippen molar-refractivity contribution in [2.45, 2.75) is 12.8 Å². The Morgan fingerprint density at radius 1 is 1.33 bits per heavy atom. The number of hydrogen-bond acceptors (Lipinski definition) is 3. The highest BCUT2D eigenvalue weighted by Crippen LogP contribution is 2.14. The van der Waals surface area contributed by atoms with Gasteiger partial charge in [0.2, 0.25) is 5.91 Å². The number of nitrogens with zero attached hydrogens (tertiary/aromatic N) is 2. The Kier molecular flexibility index (Phi) is 3.59. The second-order valence-electron chi connectivity index (χ2n) is 4.75. The van der Waals surface area contributed by atoms with Gasteiger partial charge in [-0.05, 0) is 32.5 Å². The van der Waals surface area contributed by atoms with Crippen LogP contribution in [-0.4, -0.2) is 62.0 Å². The Morgan fingerprint density at radius 2 is 2.07 bits per heavy atom. The predicted molar refractivity (Wildman–Crippen MR) is 59.7 cm³/mol. The number of amides is 1. The molecule has 2 saturated heterocycles. The van der Waals surface area contributed by atoms with Crippen molar-refractivity contribution >= 4 is 5.91 Å². The third kappa shape index (κ3) is 2.92. The van der Waals surface area contributed by atoms with Crippen molar-refractivity contribution < 1.29 is 4.79 Å². The summed E-state index contributed by atoms with van der Waals surface area (Å²) in [5.41, 5.74) is 0. The molecule has 0 spiro atoms. The number of hydrogen-bond donors (Lipinski definition) is 1. The first kappa shape index (κ1) is 10.9. The molecule has 0 bridgehead atoms. The minimum absolute atomic E-state index is 0.358. The normalized spacial score (nSPS) is 28.3. The minimum atomic E-state index is 0.358. The van der Waals surface area contributed by atoms with Gasteiger partial charge in [0.1, 0.15) is 0 Å². The van der Waals surface area contributed by atoms with E-state index in [-0.39, 0.29) is 0 Å². The minimum Gasteiger partial charge on any atom is -0.340 e. The highest BCUT2D eigenvalue weighted by atomic mass is 16.2. The van der Waals surface area contributed by atoms with Gasteiger partial charge in [0.25, 0.3) is 0 Å². The summed E-state index contributed by atoms with van der Waals surface area (Å²) in [4.78, 5) is 16.2. The zero-order valence-electron chi connectivity index (χ0n) is 9.54. The summed E-state index contributed by atoms with van der Waals surface area (Å²) in [7, 11) is 2.11. The van der Waals surface area contributed by atoms with Crippen molar-refractivity contribution in [1.82, 2.24) is 15.1 Å². The van der Waals surface area contributed by atoms with E-state index in [1.165, 1.54) is 6.42 Å². The molecule has 1 N–H and O–H groups in total. The van der Waals surface area contributed by atoms with Crippen molar-refractivity contribution in [3.05, 3.63) is 0 Å². The maximum absolute atomic E-state index is 11.9. The molecule has 0 saturated carbocycles. The molecule has 1 amide bonds. The van der Waals surface area contributed by atoms with Crippen LogP contribution in [-0.2, 0) is 4.79 Å². The maximum atomic E-state index is 11.9. The SMILES string of the molecule is CN1CCN(C(=O)CC2CCNC2)CC1. The smallest absolute Gasteiger partial charge is 0.222 e. The average Bonchev–Trinajstić information content (AvgIpc) is 2.71. The first-order valence-corrected chi connectivity index (χ1v) is 5.93. The molecular weight excluding hydrogens is 190 g/mol. The van der Waals surface area contributed by atoms with Crippen LogP contribution in [0.15, 0.2) is 0 Å². The van der Waals surface area contributed by atoms with Crippen molar-refractivity contribution in [1.29, 1.82) is 0 Å². The van der Waals surface area contributed by atoms with Crippen LogP contribution in [0.4, 0.5) is 0 Å². The summed E-state index contributed by atoms with van der Waals surface area (Å²) in [6.45, 7) is 5.98. The Balaban J connectivity index is 1.75. The van der Waals surface area contributed by atoms with Crippen molar-refractivity contribution in [3.8, 4) is 0 Å². The van der Waals surface area contributed by atoms with Crippen LogP contribution in [0.3, 0.4) is 0 Å². The first-order valence-electron chi connectivity index (χ1n) is 5.93. The first-order chi connectivity index (χ1) is 7.25. The number of nitrogens with one attached hydrogen (secondary N) is 1. The molecule has 0 aromatic heterocycles. The molecule has 15 heavy (non-hydrogen) atoms. The van der Waals surface area contributed by atoms with Gasteiger partial charge >= 0.3 is 0 Å².